The number of benzene rings is 1. The van der Waals surface area contributed by atoms with Crippen LogP contribution in [0.4, 0.5) is 5.69 Å². The number of anilines is 1. The Morgan fingerprint density at radius 3 is 2.40 bits per heavy atom. The summed E-state index contributed by atoms with van der Waals surface area (Å²) in [5, 5.41) is 17.2. The van der Waals surface area contributed by atoms with E-state index in [-0.39, 0.29) is 17.7 Å². The van der Waals surface area contributed by atoms with Gasteiger partial charge in [0.05, 0.1) is 5.56 Å². The normalized spacial score (nSPS) is 9.87. The van der Waals surface area contributed by atoms with Gasteiger partial charge in [-0.05, 0) is 24.1 Å². The first kappa shape index (κ1) is 11.0. The van der Waals surface area contributed by atoms with Gasteiger partial charge in [-0.2, -0.15) is 0 Å². The van der Waals surface area contributed by atoms with Gasteiger partial charge >= 0.3 is 11.9 Å². The minimum atomic E-state index is -1.09. The number of carboxylic acid groups (broad SMARTS) is 2. The predicted molar refractivity (Wildman–Crippen MR) is 53.8 cm³/mol. The summed E-state index contributed by atoms with van der Waals surface area (Å²) >= 11 is 0. The Labute approximate surface area is 86.1 Å². The highest BCUT2D eigenvalue weighted by Gasteiger charge is 2.08. The third kappa shape index (κ3) is 2.98. The second kappa shape index (κ2) is 4.45. The molecule has 1 rings (SSSR count). The van der Waals surface area contributed by atoms with Gasteiger partial charge in [0, 0.05) is 12.1 Å². The molecule has 0 unspecified atom stereocenters. The minimum Gasteiger partial charge on any atom is -0.481 e. The van der Waals surface area contributed by atoms with E-state index in [4.69, 9.17) is 15.9 Å². The number of rotatable bonds is 4. The van der Waals surface area contributed by atoms with Gasteiger partial charge in [0.1, 0.15) is 0 Å². The fraction of sp³-hybridized carbons (Fsp3) is 0.200. The third-order valence-electron chi connectivity index (χ3n) is 1.97. The standard InChI is InChI=1S/C10H11NO4/c11-8-5-6(2-4-9(12)13)1-3-7(8)10(14)15/h1,3,5H,2,4,11H2,(H,12,13)(H,14,15). The van der Waals surface area contributed by atoms with E-state index in [1.165, 1.54) is 12.1 Å². The summed E-state index contributed by atoms with van der Waals surface area (Å²) in [6, 6.07) is 4.45. The molecule has 0 saturated heterocycles. The van der Waals surface area contributed by atoms with Crippen LogP contribution in [0.25, 0.3) is 0 Å². The summed E-state index contributed by atoms with van der Waals surface area (Å²) in [5.41, 5.74) is 6.42. The van der Waals surface area contributed by atoms with E-state index in [0.29, 0.717) is 6.42 Å². The highest BCUT2D eigenvalue weighted by molar-refractivity contribution is 5.93. The number of carbonyl (C=O) groups is 2. The number of nitrogen functional groups attached to an aromatic ring is 1. The first-order chi connectivity index (χ1) is 7.00. The Hall–Kier alpha value is -2.04. The topological polar surface area (TPSA) is 101 Å². The van der Waals surface area contributed by atoms with Crippen molar-refractivity contribution in [2.45, 2.75) is 12.8 Å². The summed E-state index contributed by atoms with van der Waals surface area (Å²) in [5.74, 6) is -1.98. The Balaban J connectivity index is 2.82. The molecule has 0 amide bonds. The quantitative estimate of drug-likeness (QED) is 0.642. The van der Waals surface area contributed by atoms with Crippen molar-refractivity contribution in [1.82, 2.24) is 0 Å². The van der Waals surface area contributed by atoms with Gasteiger partial charge in [-0.3, -0.25) is 4.79 Å². The van der Waals surface area contributed by atoms with E-state index in [2.05, 4.69) is 0 Å². The predicted octanol–water partition coefficient (Wildman–Crippen LogP) is 0.984. The van der Waals surface area contributed by atoms with Gasteiger partial charge in [0.2, 0.25) is 0 Å². The molecule has 5 nitrogen and oxygen atoms in total. The molecule has 0 spiro atoms. The molecule has 0 saturated carbocycles. The van der Waals surface area contributed by atoms with Crippen LogP contribution in [0, 0.1) is 0 Å². The van der Waals surface area contributed by atoms with Crippen LogP contribution < -0.4 is 5.73 Å². The van der Waals surface area contributed by atoms with Crippen LogP contribution in [0.1, 0.15) is 22.3 Å². The smallest absolute Gasteiger partial charge is 0.337 e. The van der Waals surface area contributed by atoms with Crippen molar-refractivity contribution in [2.75, 3.05) is 5.73 Å². The van der Waals surface area contributed by atoms with Crippen LogP contribution in [0.15, 0.2) is 18.2 Å². The SMILES string of the molecule is Nc1cc(CCC(=O)O)ccc1C(=O)O. The molecule has 0 bridgehead atoms. The zero-order chi connectivity index (χ0) is 11.4. The lowest BCUT2D eigenvalue weighted by Crippen LogP contribution is -2.04. The van der Waals surface area contributed by atoms with Crippen molar-refractivity contribution < 1.29 is 19.8 Å². The zero-order valence-electron chi connectivity index (χ0n) is 7.93. The van der Waals surface area contributed by atoms with Crippen molar-refractivity contribution in [1.29, 1.82) is 0 Å². The Morgan fingerprint density at radius 2 is 1.93 bits per heavy atom. The lowest BCUT2D eigenvalue weighted by Gasteiger charge is -2.03. The maximum absolute atomic E-state index is 10.6. The fourth-order valence-electron chi connectivity index (χ4n) is 1.21. The average Bonchev–Trinajstić information content (AvgIpc) is 2.14. The molecule has 0 aliphatic carbocycles. The van der Waals surface area contributed by atoms with Gasteiger partial charge in [-0.15, -0.1) is 0 Å². The molecule has 0 aliphatic rings. The van der Waals surface area contributed by atoms with Crippen LogP contribution in [0.5, 0.6) is 0 Å². The number of aryl methyl sites for hydroxylation is 1. The van der Waals surface area contributed by atoms with Gasteiger partial charge in [0.25, 0.3) is 0 Å². The molecule has 1 aromatic carbocycles. The van der Waals surface area contributed by atoms with Crippen molar-refractivity contribution in [3.8, 4) is 0 Å². The molecule has 5 heteroatoms. The summed E-state index contributed by atoms with van der Waals surface area (Å²) in [4.78, 5) is 20.9. The second-order valence-corrected chi connectivity index (χ2v) is 3.12. The number of hydrogen-bond acceptors (Lipinski definition) is 3. The first-order valence-electron chi connectivity index (χ1n) is 4.34. The molecule has 0 aromatic heterocycles. The average molecular weight is 209 g/mol. The lowest BCUT2D eigenvalue weighted by atomic mass is 10.1. The number of aliphatic carboxylic acids is 1. The maximum atomic E-state index is 10.6. The van der Waals surface area contributed by atoms with Gasteiger partial charge in [-0.1, -0.05) is 6.07 Å². The molecule has 0 radical (unpaired) electrons. The summed E-state index contributed by atoms with van der Waals surface area (Å²) in [6.45, 7) is 0. The van der Waals surface area contributed by atoms with Crippen LogP contribution in [0.3, 0.4) is 0 Å². The summed E-state index contributed by atoms with van der Waals surface area (Å²) in [6.07, 6.45) is 0.352. The van der Waals surface area contributed by atoms with Crippen LogP contribution in [0.2, 0.25) is 0 Å². The van der Waals surface area contributed by atoms with E-state index in [0.717, 1.165) is 5.56 Å². The summed E-state index contributed by atoms with van der Waals surface area (Å²) in [7, 11) is 0. The largest absolute Gasteiger partial charge is 0.481 e. The lowest BCUT2D eigenvalue weighted by molar-refractivity contribution is -0.136. The molecule has 15 heavy (non-hydrogen) atoms. The van der Waals surface area contributed by atoms with Crippen molar-refractivity contribution in [3.05, 3.63) is 29.3 Å². The van der Waals surface area contributed by atoms with E-state index in [1.807, 2.05) is 0 Å². The molecule has 80 valence electrons. The van der Waals surface area contributed by atoms with E-state index < -0.39 is 11.9 Å². The molecule has 0 atom stereocenters. The van der Waals surface area contributed by atoms with E-state index >= 15 is 0 Å². The Bertz CT molecular complexity index is 400. The molecular formula is C10H11NO4. The molecule has 0 heterocycles. The monoisotopic (exact) mass is 209 g/mol. The van der Waals surface area contributed by atoms with E-state index in [9.17, 15) is 9.59 Å². The Kier molecular flexibility index (Phi) is 3.28. The van der Waals surface area contributed by atoms with Crippen LogP contribution in [-0.2, 0) is 11.2 Å². The molecule has 0 aliphatic heterocycles. The number of hydrogen-bond donors (Lipinski definition) is 3. The molecule has 0 fully saturated rings. The van der Waals surface area contributed by atoms with Crippen molar-refractivity contribution in [2.24, 2.45) is 0 Å². The fourth-order valence-corrected chi connectivity index (χ4v) is 1.21. The Morgan fingerprint density at radius 1 is 1.27 bits per heavy atom. The van der Waals surface area contributed by atoms with E-state index in [1.54, 1.807) is 6.07 Å². The maximum Gasteiger partial charge on any atom is 0.337 e. The number of aromatic carboxylic acids is 1. The van der Waals surface area contributed by atoms with Gasteiger partial charge in [0.15, 0.2) is 0 Å². The van der Waals surface area contributed by atoms with Crippen molar-refractivity contribution in [3.63, 3.8) is 0 Å². The second-order valence-electron chi connectivity index (χ2n) is 3.12. The first-order valence-corrected chi connectivity index (χ1v) is 4.34. The minimum absolute atomic E-state index is 0.00581. The summed E-state index contributed by atoms with van der Waals surface area (Å²) < 4.78 is 0. The third-order valence-corrected chi connectivity index (χ3v) is 1.97. The number of carboxylic acids is 2. The van der Waals surface area contributed by atoms with Crippen molar-refractivity contribution >= 4 is 17.6 Å². The highest BCUT2D eigenvalue weighted by Crippen LogP contribution is 2.15. The molecule has 1 aromatic rings. The van der Waals surface area contributed by atoms with Crippen LogP contribution in [-0.4, -0.2) is 22.2 Å². The molecule has 4 N–H and O–H groups in total. The van der Waals surface area contributed by atoms with Gasteiger partial charge < -0.3 is 15.9 Å². The van der Waals surface area contributed by atoms with Crippen LogP contribution >= 0.6 is 0 Å². The number of nitrogens with two attached hydrogens (primary N) is 1. The molecular weight excluding hydrogens is 198 g/mol. The highest BCUT2D eigenvalue weighted by atomic mass is 16.4. The van der Waals surface area contributed by atoms with Gasteiger partial charge in [-0.25, -0.2) is 4.79 Å². The zero-order valence-corrected chi connectivity index (χ0v) is 7.93.